The first kappa shape index (κ1) is 20.5. The lowest BCUT2D eigenvalue weighted by Crippen LogP contribution is -2.38. The first-order valence-corrected chi connectivity index (χ1v) is 9.99. The Bertz CT molecular complexity index is 502. The van der Waals surface area contributed by atoms with E-state index in [9.17, 15) is 10.2 Å². The van der Waals surface area contributed by atoms with Crippen LogP contribution in [0.25, 0.3) is 0 Å². The second-order valence-electron chi connectivity index (χ2n) is 6.60. The van der Waals surface area contributed by atoms with Crippen LogP contribution in [-0.4, -0.2) is 62.6 Å². The molecule has 0 amide bonds. The highest BCUT2D eigenvalue weighted by Crippen LogP contribution is 2.32. The van der Waals surface area contributed by atoms with Crippen LogP contribution in [0.3, 0.4) is 0 Å². The number of aryl methyl sites for hydroxylation is 1. The topological polar surface area (TPSA) is 88.6 Å². The zero-order valence-corrected chi connectivity index (χ0v) is 16.4. The second-order valence-corrected chi connectivity index (χ2v) is 7.45. The minimum atomic E-state index is -0.0862. The summed E-state index contributed by atoms with van der Waals surface area (Å²) in [7, 11) is 0. The van der Waals surface area contributed by atoms with Gasteiger partial charge < -0.3 is 31.5 Å². The van der Waals surface area contributed by atoms with Crippen LogP contribution in [0.4, 0.5) is 0 Å². The number of phenols is 2. The fourth-order valence-corrected chi connectivity index (χ4v) is 3.51. The van der Waals surface area contributed by atoms with Gasteiger partial charge in [0.1, 0.15) is 0 Å². The molecule has 6 nitrogen and oxygen atoms in total. The van der Waals surface area contributed by atoms with Gasteiger partial charge in [-0.15, -0.1) is 0 Å². The quantitative estimate of drug-likeness (QED) is 0.416. The Morgan fingerprint density at radius 3 is 2.04 bits per heavy atom. The maximum absolute atomic E-state index is 9.71. The van der Waals surface area contributed by atoms with Crippen molar-refractivity contribution in [1.29, 1.82) is 0 Å². The zero-order chi connectivity index (χ0) is 17.9. The molecule has 7 heteroatoms. The summed E-state index contributed by atoms with van der Waals surface area (Å²) < 4.78 is 0.845. The fourth-order valence-electron chi connectivity index (χ4n) is 2.98. The predicted molar refractivity (Wildman–Crippen MR) is 105 cm³/mol. The van der Waals surface area contributed by atoms with Gasteiger partial charge in [-0.1, -0.05) is 15.9 Å². The van der Waals surface area contributed by atoms with E-state index in [1.165, 1.54) is 0 Å². The average molecular weight is 415 g/mol. The number of phenolic OH excluding ortho intramolecular Hbond substituents is 2. The molecule has 2 rings (SSSR count). The van der Waals surface area contributed by atoms with Gasteiger partial charge in [0.15, 0.2) is 11.5 Å². The number of hydrogen-bond donors (Lipinski definition) is 6. The van der Waals surface area contributed by atoms with E-state index in [2.05, 4.69) is 37.2 Å². The van der Waals surface area contributed by atoms with Gasteiger partial charge in [-0.25, -0.2) is 0 Å². The Hall–Kier alpha value is -0.860. The van der Waals surface area contributed by atoms with E-state index in [1.54, 1.807) is 12.1 Å². The Kier molecular flexibility index (Phi) is 9.57. The third-order valence-corrected chi connectivity index (χ3v) is 5.23. The third-order valence-electron chi connectivity index (χ3n) is 4.50. The van der Waals surface area contributed by atoms with Crippen LogP contribution in [0.5, 0.6) is 11.5 Å². The Morgan fingerprint density at radius 1 is 0.840 bits per heavy atom. The van der Waals surface area contributed by atoms with E-state index in [0.29, 0.717) is 5.92 Å². The first-order valence-electron chi connectivity index (χ1n) is 9.20. The average Bonchev–Trinajstić information content (AvgIpc) is 2.59. The van der Waals surface area contributed by atoms with Crippen molar-refractivity contribution < 1.29 is 10.2 Å². The van der Waals surface area contributed by atoms with Crippen molar-refractivity contribution in [2.45, 2.75) is 19.3 Å². The van der Waals surface area contributed by atoms with Crippen LogP contribution in [-0.2, 0) is 6.42 Å². The zero-order valence-electron chi connectivity index (χ0n) is 14.8. The number of aromatic hydroxyl groups is 2. The van der Waals surface area contributed by atoms with Crippen LogP contribution in [0.15, 0.2) is 16.6 Å². The smallest absolute Gasteiger partial charge is 0.158 e. The molecule has 1 aliphatic heterocycles. The lowest BCUT2D eigenvalue weighted by Gasteiger charge is -2.20. The summed E-state index contributed by atoms with van der Waals surface area (Å²) in [6, 6.07) is 3.21. The van der Waals surface area contributed by atoms with Crippen LogP contribution >= 0.6 is 15.9 Å². The van der Waals surface area contributed by atoms with Gasteiger partial charge in [-0.3, -0.25) is 0 Å². The predicted octanol–water partition coefficient (Wildman–Crippen LogP) is 1.17. The Balaban J connectivity index is 1.84. The molecule has 0 radical (unpaired) electrons. The van der Waals surface area contributed by atoms with Gasteiger partial charge in [0.25, 0.3) is 0 Å². The van der Waals surface area contributed by atoms with E-state index >= 15 is 0 Å². The van der Waals surface area contributed by atoms with Crippen LogP contribution < -0.4 is 21.3 Å². The third kappa shape index (κ3) is 7.92. The molecule has 1 aliphatic rings. The maximum Gasteiger partial charge on any atom is 0.158 e. The first-order chi connectivity index (χ1) is 12.2. The molecule has 0 unspecified atom stereocenters. The lowest BCUT2D eigenvalue weighted by atomic mass is 9.98. The summed E-state index contributed by atoms with van der Waals surface area (Å²) in [6.07, 6.45) is 3.04. The summed E-state index contributed by atoms with van der Waals surface area (Å²) in [4.78, 5) is 0. The summed E-state index contributed by atoms with van der Waals surface area (Å²) >= 11 is 3.47. The monoisotopic (exact) mass is 414 g/mol. The molecule has 1 heterocycles. The van der Waals surface area contributed by atoms with Crippen molar-refractivity contribution in [3.05, 3.63) is 22.2 Å². The minimum absolute atomic E-state index is 0.0578. The molecule has 1 aromatic rings. The molecule has 0 atom stereocenters. The van der Waals surface area contributed by atoms with E-state index in [0.717, 1.165) is 81.7 Å². The molecule has 0 saturated carbocycles. The Labute approximate surface area is 158 Å². The van der Waals surface area contributed by atoms with Crippen LogP contribution in [0.2, 0.25) is 0 Å². The molecular weight excluding hydrogens is 384 g/mol. The molecule has 1 saturated heterocycles. The van der Waals surface area contributed by atoms with Crippen molar-refractivity contribution >= 4 is 15.9 Å². The highest BCUT2D eigenvalue weighted by molar-refractivity contribution is 9.10. The van der Waals surface area contributed by atoms with E-state index in [-0.39, 0.29) is 11.5 Å². The highest BCUT2D eigenvalue weighted by Gasteiger charge is 2.12. The lowest BCUT2D eigenvalue weighted by molar-refractivity contribution is 0.399. The van der Waals surface area contributed by atoms with E-state index in [4.69, 9.17) is 0 Å². The van der Waals surface area contributed by atoms with Gasteiger partial charge in [0.05, 0.1) is 0 Å². The molecule has 0 bridgehead atoms. The number of halogens is 1. The number of nitrogens with one attached hydrogen (secondary N) is 4. The van der Waals surface area contributed by atoms with E-state index < -0.39 is 0 Å². The van der Waals surface area contributed by atoms with Crippen molar-refractivity contribution in [3.63, 3.8) is 0 Å². The molecular formula is C18H31BrN4O2. The summed E-state index contributed by atoms with van der Waals surface area (Å²) in [5.74, 6) is 0.375. The van der Waals surface area contributed by atoms with Gasteiger partial charge in [0.2, 0.25) is 0 Å². The molecule has 6 N–H and O–H groups in total. The van der Waals surface area contributed by atoms with Crippen LogP contribution in [0.1, 0.15) is 18.4 Å². The highest BCUT2D eigenvalue weighted by atomic mass is 79.9. The fraction of sp³-hybridized carbons (Fsp3) is 0.667. The van der Waals surface area contributed by atoms with Gasteiger partial charge >= 0.3 is 0 Å². The molecule has 0 spiro atoms. The van der Waals surface area contributed by atoms with Gasteiger partial charge in [0, 0.05) is 30.7 Å². The van der Waals surface area contributed by atoms with Crippen molar-refractivity contribution in [2.75, 3.05) is 52.4 Å². The second kappa shape index (κ2) is 11.7. The standard InChI is InChI=1S/C18H31BrN4O2/c19-16-11-18(25)17(24)10-15(16)3-2-14-12-22-8-6-20-4-1-5-21-7-9-23-13-14/h10-11,14,20-25H,1-9,12-13H2. The largest absolute Gasteiger partial charge is 0.504 e. The molecule has 25 heavy (non-hydrogen) atoms. The van der Waals surface area contributed by atoms with Crippen molar-refractivity contribution in [3.8, 4) is 11.5 Å². The maximum atomic E-state index is 9.71. The SMILES string of the molecule is Oc1cc(Br)c(CCC2CNCCNCCCNCCNC2)cc1O. The van der Waals surface area contributed by atoms with Gasteiger partial charge in [-0.05, 0) is 69.1 Å². The molecule has 0 aliphatic carbocycles. The molecule has 1 fully saturated rings. The van der Waals surface area contributed by atoms with Crippen molar-refractivity contribution in [1.82, 2.24) is 21.3 Å². The number of rotatable bonds is 3. The number of benzene rings is 1. The van der Waals surface area contributed by atoms with Gasteiger partial charge in [-0.2, -0.15) is 0 Å². The van der Waals surface area contributed by atoms with Crippen LogP contribution in [0, 0.1) is 5.92 Å². The summed E-state index contributed by atoms with van der Waals surface area (Å²) in [5.41, 5.74) is 1.03. The summed E-state index contributed by atoms with van der Waals surface area (Å²) in [5, 5.41) is 33.3. The van der Waals surface area contributed by atoms with E-state index in [1.807, 2.05) is 0 Å². The minimum Gasteiger partial charge on any atom is -0.504 e. The molecule has 0 aromatic heterocycles. The number of hydrogen-bond acceptors (Lipinski definition) is 6. The molecule has 142 valence electrons. The van der Waals surface area contributed by atoms with Crippen molar-refractivity contribution in [2.24, 2.45) is 5.92 Å². The normalized spacial score (nSPS) is 19.4. The molecule has 1 aromatic carbocycles. The Morgan fingerprint density at radius 2 is 1.40 bits per heavy atom. The summed E-state index contributed by atoms with van der Waals surface area (Å²) in [6.45, 7) is 8.03.